The second-order valence-corrected chi connectivity index (χ2v) is 6.23. The average Bonchev–Trinajstić information content (AvgIpc) is 2.62. The van der Waals surface area contributed by atoms with Gasteiger partial charge in [-0.05, 0) is 32.0 Å². The molecule has 7 nitrogen and oxygen atoms in total. The van der Waals surface area contributed by atoms with E-state index in [1.54, 1.807) is 18.2 Å². The second-order valence-electron chi connectivity index (χ2n) is 6.23. The molecule has 2 unspecified atom stereocenters. The molecular formula is C18H30ClN3O4. The van der Waals surface area contributed by atoms with E-state index in [0.717, 1.165) is 0 Å². The van der Waals surface area contributed by atoms with Crippen molar-refractivity contribution in [2.75, 3.05) is 27.8 Å². The summed E-state index contributed by atoms with van der Waals surface area (Å²) >= 11 is 0. The average molecular weight is 388 g/mol. The van der Waals surface area contributed by atoms with Gasteiger partial charge in [0.25, 0.3) is 5.91 Å². The largest absolute Gasteiger partial charge is 0.497 e. The van der Waals surface area contributed by atoms with Crippen molar-refractivity contribution in [3.8, 4) is 11.5 Å². The number of hydrogen-bond donors (Lipinski definition) is 3. The first-order valence-electron chi connectivity index (χ1n) is 8.31. The first-order valence-corrected chi connectivity index (χ1v) is 8.31. The molecule has 0 saturated heterocycles. The molecule has 2 atom stereocenters. The summed E-state index contributed by atoms with van der Waals surface area (Å²) in [4.78, 5) is 25.0. The third-order valence-corrected chi connectivity index (χ3v) is 3.92. The normalized spacial score (nSPS) is 12.6. The van der Waals surface area contributed by atoms with Crippen molar-refractivity contribution in [2.24, 2.45) is 5.92 Å². The fourth-order valence-electron chi connectivity index (χ4n) is 2.16. The zero-order chi connectivity index (χ0) is 19.0. The van der Waals surface area contributed by atoms with Gasteiger partial charge in [-0.2, -0.15) is 0 Å². The van der Waals surface area contributed by atoms with E-state index in [-0.39, 0.29) is 36.2 Å². The molecule has 2 amide bonds. The molecule has 3 N–H and O–H groups in total. The molecule has 0 aliphatic carbocycles. The Bertz CT molecular complexity index is 574. The van der Waals surface area contributed by atoms with Gasteiger partial charge in [-0.25, -0.2) is 0 Å². The molecule has 1 aromatic rings. The SMILES string of the molecule is CNC(C)CNC(=O)C(NC(=O)c1cc(OC)cc(OC)c1)C(C)C.Cl. The Morgan fingerprint density at radius 3 is 2.00 bits per heavy atom. The standard InChI is InChI=1S/C18H29N3O4.ClH/c1-11(2)16(18(23)20-10-12(3)19-4)21-17(22)13-7-14(24-5)9-15(8-13)25-6;/h7-9,11-12,16,19H,10H2,1-6H3,(H,20,23)(H,21,22);1H. The van der Waals surface area contributed by atoms with Gasteiger partial charge in [0.15, 0.2) is 0 Å². The van der Waals surface area contributed by atoms with Crippen LogP contribution in [-0.4, -0.2) is 51.7 Å². The first-order chi connectivity index (χ1) is 11.8. The number of benzene rings is 1. The molecule has 0 aliphatic rings. The highest BCUT2D eigenvalue weighted by Gasteiger charge is 2.25. The molecule has 8 heteroatoms. The number of ether oxygens (including phenoxy) is 2. The Hall–Kier alpha value is -1.99. The van der Waals surface area contributed by atoms with Crippen LogP contribution in [0.2, 0.25) is 0 Å². The maximum Gasteiger partial charge on any atom is 0.252 e. The third kappa shape index (κ3) is 7.09. The van der Waals surface area contributed by atoms with Crippen LogP contribution in [0.15, 0.2) is 18.2 Å². The number of methoxy groups -OCH3 is 2. The van der Waals surface area contributed by atoms with Crippen molar-refractivity contribution in [1.29, 1.82) is 0 Å². The summed E-state index contributed by atoms with van der Waals surface area (Å²) in [6, 6.07) is 4.42. The van der Waals surface area contributed by atoms with Crippen LogP contribution in [-0.2, 0) is 4.79 Å². The number of carbonyl (C=O) groups excluding carboxylic acids is 2. The van der Waals surface area contributed by atoms with Crippen LogP contribution in [0.3, 0.4) is 0 Å². The Balaban J connectivity index is 0.00000625. The second kappa shape index (κ2) is 11.6. The van der Waals surface area contributed by atoms with Crippen molar-refractivity contribution < 1.29 is 19.1 Å². The van der Waals surface area contributed by atoms with Crippen molar-refractivity contribution in [3.05, 3.63) is 23.8 Å². The molecule has 0 saturated carbocycles. The van der Waals surface area contributed by atoms with E-state index in [2.05, 4.69) is 16.0 Å². The van der Waals surface area contributed by atoms with E-state index in [0.29, 0.717) is 23.6 Å². The minimum atomic E-state index is -0.631. The van der Waals surface area contributed by atoms with Gasteiger partial charge in [0.05, 0.1) is 14.2 Å². The molecule has 148 valence electrons. The van der Waals surface area contributed by atoms with Crippen molar-refractivity contribution in [2.45, 2.75) is 32.9 Å². The molecule has 26 heavy (non-hydrogen) atoms. The van der Waals surface area contributed by atoms with E-state index in [9.17, 15) is 9.59 Å². The van der Waals surface area contributed by atoms with Gasteiger partial charge in [0.1, 0.15) is 17.5 Å². The van der Waals surface area contributed by atoms with E-state index < -0.39 is 6.04 Å². The molecule has 0 heterocycles. The van der Waals surface area contributed by atoms with Gasteiger partial charge in [-0.1, -0.05) is 13.8 Å². The van der Waals surface area contributed by atoms with E-state index in [4.69, 9.17) is 9.47 Å². The Labute approximate surface area is 161 Å². The van der Waals surface area contributed by atoms with Gasteiger partial charge < -0.3 is 25.4 Å². The Morgan fingerprint density at radius 1 is 1.04 bits per heavy atom. The van der Waals surface area contributed by atoms with Crippen LogP contribution >= 0.6 is 12.4 Å². The smallest absolute Gasteiger partial charge is 0.252 e. The molecule has 0 aromatic heterocycles. The van der Waals surface area contributed by atoms with Gasteiger partial charge in [-0.15, -0.1) is 12.4 Å². The summed E-state index contributed by atoms with van der Waals surface area (Å²) in [6.07, 6.45) is 0. The molecule has 0 bridgehead atoms. The predicted octanol–water partition coefficient (Wildman–Crippen LogP) is 1.60. The fraction of sp³-hybridized carbons (Fsp3) is 0.556. The van der Waals surface area contributed by atoms with Gasteiger partial charge in [-0.3, -0.25) is 9.59 Å². The summed E-state index contributed by atoms with van der Waals surface area (Å²) < 4.78 is 10.4. The van der Waals surface area contributed by atoms with Gasteiger partial charge in [0.2, 0.25) is 5.91 Å². The first kappa shape index (κ1) is 24.0. The lowest BCUT2D eigenvalue weighted by Crippen LogP contribution is -2.51. The topological polar surface area (TPSA) is 88.7 Å². The minimum Gasteiger partial charge on any atom is -0.497 e. The van der Waals surface area contributed by atoms with E-state index >= 15 is 0 Å². The molecule has 1 aromatic carbocycles. The van der Waals surface area contributed by atoms with Crippen molar-refractivity contribution in [1.82, 2.24) is 16.0 Å². The molecule has 0 radical (unpaired) electrons. The summed E-state index contributed by atoms with van der Waals surface area (Å²) in [5.41, 5.74) is 0.373. The molecular weight excluding hydrogens is 358 g/mol. The monoisotopic (exact) mass is 387 g/mol. The van der Waals surface area contributed by atoms with Gasteiger partial charge >= 0.3 is 0 Å². The highest BCUT2D eigenvalue weighted by molar-refractivity contribution is 5.98. The highest BCUT2D eigenvalue weighted by atomic mass is 35.5. The lowest BCUT2D eigenvalue weighted by Gasteiger charge is -2.23. The van der Waals surface area contributed by atoms with Gasteiger partial charge in [0, 0.05) is 24.2 Å². The summed E-state index contributed by atoms with van der Waals surface area (Å²) in [7, 11) is 4.86. The summed E-state index contributed by atoms with van der Waals surface area (Å²) in [5.74, 6) is 0.408. The lowest BCUT2D eigenvalue weighted by atomic mass is 10.0. The number of rotatable bonds is 9. The Kier molecular flexibility index (Phi) is 10.7. The zero-order valence-corrected chi connectivity index (χ0v) is 17.0. The lowest BCUT2D eigenvalue weighted by molar-refractivity contribution is -0.124. The number of nitrogens with one attached hydrogen (secondary N) is 3. The number of carbonyl (C=O) groups is 2. The van der Waals surface area contributed by atoms with Crippen LogP contribution in [0.5, 0.6) is 11.5 Å². The van der Waals surface area contributed by atoms with Crippen LogP contribution in [0.1, 0.15) is 31.1 Å². The third-order valence-electron chi connectivity index (χ3n) is 3.92. The van der Waals surface area contributed by atoms with Crippen molar-refractivity contribution >= 4 is 24.2 Å². The number of amides is 2. The molecule has 0 aliphatic heterocycles. The molecule has 1 rings (SSSR count). The van der Waals surface area contributed by atoms with E-state index in [1.165, 1.54) is 14.2 Å². The van der Waals surface area contributed by atoms with Crippen LogP contribution in [0.25, 0.3) is 0 Å². The number of halogens is 1. The maximum absolute atomic E-state index is 12.6. The van der Waals surface area contributed by atoms with Crippen LogP contribution in [0, 0.1) is 5.92 Å². The highest BCUT2D eigenvalue weighted by Crippen LogP contribution is 2.22. The predicted molar refractivity (Wildman–Crippen MR) is 104 cm³/mol. The number of hydrogen-bond acceptors (Lipinski definition) is 5. The van der Waals surface area contributed by atoms with E-state index in [1.807, 2.05) is 27.8 Å². The fourth-order valence-corrected chi connectivity index (χ4v) is 2.16. The molecule has 0 spiro atoms. The molecule has 0 fully saturated rings. The zero-order valence-electron chi connectivity index (χ0n) is 16.2. The summed E-state index contributed by atoms with van der Waals surface area (Å²) in [6.45, 7) is 6.23. The van der Waals surface area contributed by atoms with Crippen LogP contribution in [0.4, 0.5) is 0 Å². The summed E-state index contributed by atoms with van der Waals surface area (Å²) in [5, 5.41) is 8.70. The number of likely N-dealkylation sites (N-methyl/N-ethyl adjacent to an activating group) is 1. The maximum atomic E-state index is 12.6. The van der Waals surface area contributed by atoms with Crippen molar-refractivity contribution in [3.63, 3.8) is 0 Å². The quantitative estimate of drug-likeness (QED) is 0.599. The minimum absolute atomic E-state index is 0. The van der Waals surface area contributed by atoms with Crippen LogP contribution < -0.4 is 25.4 Å². The Morgan fingerprint density at radius 2 is 1.58 bits per heavy atom.